The fourth-order valence-electron chi connectivity index (χ4n) is 0.496. The summed E-state index contributed by atoms with van der Waals surface area (Å²) in [6.07, 6.45) is 5.01. The quantitative estimate of drug-likeness (QED) is 0.308. The van der Waals surface area contributed by atoms with Crippen molar-refractivity contribution in [2.45, 2.75) is 19.8 Å². The number of hydrogen-bond donors (Lipinski definition) is 0. The molecule has 0 aromatic heterocycles. The van der Waals surface area contributed by atoms with Gasteiger partial charge >= 0.3 is 5.97 Å². The number of hydrogen-bond acceptors (Lipinski definition) is 5. The molecule has 3 nitrogen and oxygen atoms in total. The van der Waals surface area contributed by atoms with Crippen LogP contribution in [0.2, 0.25) is 0 Å². The number of carbonyl (C=O) groups excluding carboxylic acids is 1. The Balaban J connectivity index is 3.76. The number of nitrogens with zero attached hydrogens (tertiary/aromatic N) is 1. The lowest BCUT2D eigenvalue weighted by atomic mass is 10.3. The number of oxime groups is 1. The summed E-state index contributed by atoms with van der Waals surface area (Å²) >= 11 is 2.93. The Morgan fingerprint density at radius 2 is 2.00 bits per heavy atom. The third kappa shape index (κ3) is 5.49. The van der Waals surface area contributed by atoms with E-state index in [1.54, 1.807) is 0 Å². The van der Waals surface area contributed by atoms with Crippen molar-refractivity contribution in [3.63, 3.8) is 0 Å². The fourth-order valence-corrected chi connectivity index (χ4v) is 1.39. The van der Waals surface area contributed by atoms with E-state index >= 15 is 0 Å². The average Bonchev–Trinajstić information content (AvgIpc) is 2.07. The molecule has 0 amide bonds. The Kier molecular flexibility index (Phi) is 7.39. The zero-order valence-electron chi connectivity index (χ0n) is 7.49. The van der Waals surface area contributed by atoms with Crippen molar-refractivity contribution >= 4 is 33.9 Å². The van der Waals surface area contributed by atoms with E-state index in [-0.39, 0.29) is 5.97 Å². The van der Waals surface area contributed by atoms with Gasteiger partial charge in [-0.25, -0.2) is 4.79 Å². The van der Waals surface area contributed by atoms with Crippen LogP contribution in [-0.4, -0.2) is 22.9 Å². The van der Waals surface area contributed by atoms with Crippen LogP contribution in [0.3, 0.4) is 0 Å². The molecule has 0 aromatic carbocycles. The lowest BCUT2D eigenvalue weighted by Crippen LogP contribution is -1.99. The van der Waals surface area contributed by atoms with Gasteiger partial charge in [0, 0.05) is 6.42 Å². The lowest BCUT2D eigenvalue weighted by molar-refractivity contribution is -0.143. The van der Waals surface area contributed by atoms with Gasteiger partial charge in [0.1, 0.15) is 0 Å². The van der Waals surface area contributed by atoms with Crippen molar-refractivity contribution in [2.24, 2.45) is 5.16 Å². The molecule has 0 saturated heterocycles. The van der Waals surface area contributed by atoms with Gasteiger partial charge in [-0.1, -0.05) is 35.6 Å². The van der Waals surface area contributed by atoms with Gasteiger partial charge in [0.25, 0.3) is 0 Å². The summed E-state index contributed by atoms with van der Waals surface area (Å²) in [5.41, 5.74) is 0. The Labute approximate surface area is 81.3 Å². The molecule has 70 valence electrons. The molecule has 0 aliphatic carbocycles. The predicted molar refractivity (Wildman–Crippen MR) is 55.5 cm³/mol. The van der Waals surface area contributed by atoms with Gasteiger partial charge in [-0.3, -0.25) is 0 Å². The Morgan fingerprint density at radius 3 is 2.42 bits per heavy atom. The van der Waals surface area contributed by atoms with Crippen LogP contribution in [0.4, 0.5) is 0 Å². The summed E-state index contributed by atoms with van der Waals surface area (Å²) in [5.74, 6) is -0.266. The van der Waals surface area contributed by atoms with Crippen LogP contribution >= 0.6 is 23.5 Å². The van der Waals surface area contributed by atoms with Crippen LogP contribution in [0.25, 0.3) is 0 Å². The largest absolute Gasteiger partial charge is 0.335 e. The minimum absolute atomic E-state index is 0.266. The van der Waals surface area contributed by atoms with Gasteiger partial charge < -0.3 is 4.84 Å². The normalized spacial score (nSPS) is 9.25. The Bertz CT molecular complexity index is 165. The van der Waals surface area contributed by atoms with Crippen molar-refractivity contribution < 1.29 is 9.63 Å². The highest BCUT2D eigenvalue weighted by Crippen LogP contribution is 2.10. The molecule has 0 radical (unpaired) electrons. The summed E-state index contributed by atoms with van der Waals surface area (Å²) in [5, 5.41) is 3.67. The lowest BCUT2D eigenvalue weighted by Gasteiger charge is -1.97. The van der Waals surface area contributed by atoms with Gasteiger partial charge in [0.2, 0.25) is 0 Å². The van der Waals surface area contributed by atoms with E-state index < -0.39 is 0 Å². The topological polar surface area (TPSA) is 38.7 Å². The fraction of sp³-hybridized carbons (Fsp3) is 0.714. The molecule has 0 rings (SSSR count). The molecule has 12 heavy (non-hydrogen) atoms. The highest BCUT2D eigenvalue weighted by molar-refractivity contribution is 8.38. The molecule has 0 heterocycles. The maximum absolute atomic E-state index is 10.8. The molecule has 0 bridgehead atoms. The summed E-state index contributed by atoms with van der Waals surface area (Å²) in [7, 11) is 0. The summed E-state index contributed by atoms with van der Waals surface area (Å²) in [6.45, 7) is 1.93. The van der Waals surface area contributed by atoms with E-state index in [0.717, 1.165) is 10.8 Å². The van der Waals surface area contributed by atoms with Gasteiger partial charge in [0.15, 0.2) is 4.38 Å². The van der Waals surface area contributed by atoms with Crippen LogP contribution in [0.5, 0.6) is 0 Å². The molecule has 0 atom stereocenters. The van der Waals surface area contributed by atoms with Crippen molar-refractivity contribution in [1.29, 1.82) is 0 Å². The number of thioether (sulfide) groups is 2. The van der Waals surface area contributed by atoms with Crippen molar-refractivity contribution in [2.75, 3.05) is 12.5 Å². The van der Waals surface area contributed by atoms with Crippen molar-refractivity contribution in [3.8, 4) is 0 Å². The molecule has 5 heteroatoms. The maximum atomic E-state index is 10.8. The minimum atomic E-state index is -0.266. The maximum Gasteiger partial charge on any atom is 0.335 e. The second-order valence-corrected chi connectivity index (χ2v) is 3.83. The molecular formula is C7H13NO2S2. The smallest absolute Gasteiger partial charge is 0.317 e. The zero-order chi connectivity index (χ0) is 9.40. The standard InChI is InChI=1S/C7H13NO2S2/c1-4-5-6(9)10-8-7(11-2)12-3/h4-5H2,1-3H3. The molecule has 0 aromatic rings. The van der Waals surface area contributed by atoms with Crippen molar-refractivity contribution in [3.05, 3.63) is 0 Å². The molecular weight excluding hydrogens is 194 g/mol. The first-order valence-electron chi connectivity index (χ1n) is 3.60. The van der Waals surface area contributed by atoms with E-state index in [1.807, 2.05) is 19.4 Å². The molecule has 0 aliphatic heterocycles. The first-order valence-corrected chi connectivity index (χ1v) is 6.05. The number of rotatable bonds is 3. The van der Waals surface area contributed by atoms with Gasteiger partial charge in [-0.2, -0.15) is 0 Å². The first kappa shape index (κ1) is 11.8. The predicted octanol–water partition coefficient (Wildman–Crippen LogP) is 2.33. The summed E-state index contributed by atoms with van der Waals surface area (Å²) < 4.78 is 0.763. The SMILES string of the molecule is CCCC(=O)ON=C(SC)SC. The summed E-state index contributed by atoms with van der Waals surface area (Å²) in [6, 6.07) is 0. The van der Waals surface area contributed by atoms with E-state index in [1.165, 1.54) is 23.5 Å². The van der Waals surface area contributed by atoms with Gasteiger partial charge in [-0.15, -0.1) is 0 Å². The first-order chi connectivity index (χ1) is 5.74. The third-order valence-corrected chi connectivity index (χ3v) is 2.87. The van der Waals surface area contributed by atoms with E-state index in [4.69, 9.17) is 0 Å². The third-order valence-electron chi connectivity index (χ3n) is 1.03. The van der Waals surface area contributed by atoms with Crippen molar-refractivity contribution in [1.82, 2.24) is 0 Å². The van der Waals surface area contributed by atoms with Crippen LogP contribution in [0.15, 0.2) is 5.16 Å². The molecule has 0 aliphatic rings. The van der Waals surface area contributed by atoms with Crippen LogP contribution < -0.4 is 0 Å². The second kappa shape index (κ2) is 7.49. The van der Waals surface area contributed by atoms with Crippen LogP contribution in [-0.2, 0) is 9.63 Å². The highest BCUT2D eigenvalue weighted by Gasteiger charge is 2.00. The zero-order valence-corrected chi connectivity index (χ0v) is 9.13. The van der Waals surface area contributed by atoms with E-state index in [0.29, 0.717) is 6.42 Å². The van der Waals surface area contributed by atoms with Gasteiger partial charge in [-0.05, 0) is 18.9 Å². The molecule has 0 unspecified atom stereocenters. The molecule has 0 N–H and O–H groups in total. The second-order valence-electron chi connectivity index (χ2n) is 1.98. The monoisotopic (exact) mass is 207 g/mol. The molecule has 0 spiro atoms. The van der Waals surface area contributed by atoms with Crippen LogP contribution in [0, 0.1) is 0 Å². The minimum Gasteiger partial charge on any atom is -0.317 e. The van der Waals surface area contributed by atoms with Gasteiger partial charge in [0.05, 0.1) is 0 Å². The van der Waals surface area contributed by atoms with Crippen LogP contribution in [0.1, 0.15) is 19.8 Å². The van der Waals surface area contributed by atoms with E-state index in [9.17, 15) is 4.79 Å². The molecule has 0 fully saturated rings. The molecule has 0 saturated carbocycles. The highest BCUT2D eigenvalue weighted by atomic mass is 32.2. The average molecular weight is 207 g/mol. The Hall–Kier alpha value is -0.160. The summed E-state index contributed by atoms with van der Waals surface area (Å²) in [4.78, 5) is 15.5. The number of carbonyl (C=O) groups is 1. The Morgan fingerprint density at radius 1 is 1.42 bits per heavy atom. The van der Waals surface area contributed by atoms with E-state index in [2.05, 4.69) is 9.99 Å².